The van der Waals surface area contributed by atoms with Gasteiger partial charge in [-0.15, -0.1) is 24.0 Å². The minimum atomic E-state index is -0.0817. The molecule has 1 fully saturated rings. The Morgan fingerprint density at radius 2 is 1.94 bits per heavy atom. The molecule has 8 heteroatoms. The van der Waals surface area contributed by atoms with Crippen LogP contribution < -0.4 is 15.4 Å². The van der Waals surface area contributed by atoms with E-state index in [1.807, 2.05) is 6.92 Å². The van der Waals surface area contributed by atoms with Crippen LogP contribution in [-0.2, 0) is 16.7 Å². The zero-order valence-electron chi connectivity index (χ0n) is 20.7. The van der Waals surface area contributed by atoms with Crippen LogP contribution in [0.1, 0.15) is 48.7 Å². The SMILES string of the molecule is CCNC(=NCC1(c2cc(C)ccc2OC)CCOCC1)NCCCn1nc(C)cc1C.I. The van der Waals surface area contributed by atoms with Crippen LogP contribution in [-0.4, -0.2) is 55.7 Å². The third-order valence-electron chi connectivity index (χ3n) is 6.20. The Hall–Kier alpha value is -1.81. The summed E-state index contributed by atoms with van der Waals surface area (Å²) in [7, 11) is 1.75. The summed E-state index contributed by atoms with van der Waals surface area (Å²) >= 11 is 0. The fraction of sp³-hybridized carbons (Fsp3) is 0.600. The van der Waals surface area contributed by atoms with Crippen molar-refractivity contribution in [1.29, 1.82) is 0 Å². The second kappa shape index (κ2) is 13.2. The lowest BCUT2D eigenvalue weighted by Crippen LogP contribution is -2.41. The first-order valence-corrected chi connectivity index (χ1v) is 11.7. The molecule has 1 saturated heterocycles. The number of hydrogen-bond acceptors (Lipinski definition) is 4. The molecule has 2 N–H and O–H groups in total. The minimum absolute atomic E-state index is 0. The lowest BCUT2D eigenvalue weighted by molar-refractivity contribution is 0.0522. The number of ether oxygens (including phenoxy) is 2. The Balaban J connectivity index is 0.00000385. The van der Waals surface area contributed by atoms with E-state index in [0.29, 0.717) is 6.54 Å². The van der Waals surface area contributed by atoms with Crippen LogP contribution in [0.15, 0.2) is 29.3 Å². The zero-order valence-corrected chi connectivity index (χ0v) is 23.1. The molecule has 2 aromatic rings. The molecule has 3 rings (SSSR count). The van der Waals surface area contributed by atoms with E-state index in [0.717, 1.165) is 69.5 Å². The molecule has 0 saturated carbocycles. The Labute approximate surface area is 215 Å². The molecule has 1 aliphatic rings. The van der Waals surface area contributed by atoms with Crippen molar-refractivity contribution < 1.29 is 9.47 Å². The Bertz CT molecular complexity index is 906. The van der Waals surface area contributed by atoms with Crippen molar-refractivity contribution in [2.75, 3.05) is 40.0 Å². The number of methoxy groups -OCH3 is 1. The van der Waals surface area contributed by atoms with E-state index in [2.05, 4.69) is 65.5 Å². The average Bonchev–Trinajstić information content (AvgIpc) is 3.12. The summed E-state index contributed by atoms with van der Waals surface area (Å²) in [5, 5.41) is 11.4. The van der Waals surface area contributed by atoms with Gasteiger partial charge in [0.25, 0.3) is 0 Å². The first-order chi connectivity index (χ1) is 15.5. The van der Waals surface area contributed by atoms with E-state index in [-0.39, 0.29) is 29.4 Å². The summed E-state index contributed by atoms with van der Waals surface area (Å²) in [5.41, 5.74) is 4.68. The van der Waals surface area contributed by atoms with E-state index in [1.54, 1.807) is 7.11 Å². The molecule has 0 aliphatic carbocycles. The van der Waals surface area contributed by atoms with Crippen LogP contribution in [0, 0.1) is 20.8 Å². The number of halogens is 1. The van der Waals surface area contributed by atoms with Gasteiger partial charge < -0.3 is 20.1 Å². The number of nitrogens with zero attached hydrogens (tertiary/aromatic N) is 3. The van der Waals surface area contributed by atoms with Gasteiger partial charge in [-0.2, -0.15) is 5.10 Å². The number of nitrogens with one attached hydrogen (secondary N) is 2. The highest BCUT2D eigenvalue weighted by Crippen LogP contribution is 2.40. The maximum absolute atomic E-state index is 5.74. The van der Waals surface area contributed by atoms with Crippen molar-refractivity contribution in [3.8, 4) is 5.75 Å². The summed E-state index contributed by atoms with van der Waals surface area (Å²) in [6, 6.07) is 8.56. The van der Waals surface area contributed by atoms with Gasteiger partial charge in [-0.25, -0.2) is 0 Å². The van der Waals surface area contributed by atoms with Gasteiger partial charge in [0, 0.05) is 49.5 Å². The number of guanidine groups is 1. The molecule has 1 aromatic carbocycles. The van der Waals surface area contributed by atoms with Crippen LogP contribution in [0.25, 0.3) is 0 Å². The molecule has 1 aromatic heterocycles. The van der Waals surface area contributed by atoms with Crippen LogP contribution in [0.3, 0.4) is 0 Å². The number of rotatable bonds is 9. The van der Waals surface area contributed by atoms with Gasteiger partial charge >= 0.3 is 0 Å². The maximum Gasteiger partial charge on any atom is 0.191 e. The molecular weight excluding hydrogens is 529 g/mol. The van der Waals surface area contributed by atoms with Crippen LogP contribution in [0.2, 0.25) is 0 Å². The lowest BCUT2D eigenvalue weighted by Gasteiger charge is -2.37. The molecule has 184 valence electrons. The number of aliphatic imine (C=N–C) groups is 1. The fourth-order valence-electron chi connectivity index (χ4n) is 4.42. The standard InChI is InChI=1S/C25H39N5O2.HI/c1-6-26-24(27-12-7-13-30-21(4)17-20(3)29-30)28-18-25(10-14-32-15-11-25)22-16-19(2)8-9-23(22)31-5;/h8-9,16-17H,6-7,10-15,18H2,1-5H3,(H2,26,27,28);1H. The van der Waals surface area contributed by atoms with Crippen molar-refractivity contribution in [1.82, 2.24) is 20.4 Å². The van der Waals surface area contributed by atoms with Crippen molar-refractivity contribution in [2.24, 2.45) is 4.99 Å². The van der Waals surface area contributed by atoms with Crippen LogP contribution in [0.4, 0.5) is 0 Å². The van der Waals surface area contributed by atoms with Crippen molar-refractivity contribution in [3.63, 3.8) is 0 Å². The topological polar surface area (TPSA) is 72.7 Å². The predicted octanol–water partition coefficient (Wildman–Crippen LogP) is 4.13. The lowest BCUT2D eigenvalue weighted by atomic mass is 9.73. The normalized spacial score (nSPS) is 15.6. The highest BCUT2D eigenvalue weighted by Gasteiger charge is 2.37. The van der Waals surface area contributed by atoms with E-state index in [4.69, 9.17) is 14.5 Å². The summed E-state index contributed by atoms with van der Waals surface area (Å²) < 4.78 is 13.5. The Kier molecular flexibility index (Phi) is 11.0. The summed E-state index contributed by atoms with van der Waals surface area (Å²) in [5.74, 6) is 1.80. The van der Waals surface area contributed by atoms with Crippen molar-refractivity contribution in [2.45, 2.75) is 58.9 Å². The predicted molar refractivity (Wildman–Crippen MR) is 145 cm³/mol. The van der Waals surface area contributed by atoms with Gasteiger partial charge in [-0.3, -0.25) is 9.67 Å². The molecule has 7 nitrogen and oxygen atoms in total. The van der Waals surface area contributed by atoms with Crippen molar-refractivity contribution >= 4 is 29.9 Å². The molecule has 0 bridgehead atoms. The second-order valence-corrected chi connectivity index (χ2v) is 8.72. The molecule has 33 heavy (non-hydrogen) atoms. The molecular formula is C25H40IN5O2. The average molecular weight is 570 g/mol. The largest absolute Gasteiger partial charge is 0.496 e. The summed E-state index contributed by atoms with van der Waals surface area (Å²) in [6.07, 6.45) is 2.86. The van der Waals surface area contributed by atoms with E-state index in [9.17, 15) is 0 Å². The molecule has 0 amide bonds. The van der Waals surface area contributed by atoms with Crippen LogP contribution >= 0.6 is 24.0 Å². The first-order valence-electron chi connectivity index (χ1n) is 11.7. The fourth-order valence-corrected chi connectivity index (χ4v) is 4.42. The Morgan fingerprint density at radius 3 is 2.58 bits per heavy atom. The highest BCUT2D eigenvalue weighted by molar-refractivity contribution is 14.0. The minimum Gasteiger partial charge on any atom is -0.496 e. The van der Waals surface area contributed by atoms with Gasteiger partial charge in [0.05, 0.1) is 19.3 Å². The first kappa shape index (κ1) is 27.4. The van der Waals surface area contributed by atoms with Gasteiger partial charge in [0.15, 0.2) is 5.96 Å². The monoisotopic (exact) mass is 569 g/mol. The van der Waals surface area contributed by atoms with E-state index >= 15 is 0 Å². The zero-order chi connectivity index (χ0) is 23.0. The molecule has 0 spiro atoms. The molecule has 1 aliphatic heterocycles. The van der Waals surface area contributed by atoms with Gasteiger partial charge in [-0.1, -0.05) is 17.7 Å². The quantitative estimate of drug-likeness (QED) is 0.206. The second-order valence-electron chi connectivity index (χ2n) is 8.72. The number of benzene rings is 1. The van der Waals surface area contributed by atoms with E-state index < -0.39 is 0 Å². The van der Waals surface area contributed by atoms with E-state index in [1.165, 1.54) is 16.8 Å². The van der Waals surface area contributed by atoms with Gasteiger partial charge in [0.2, 0.25) is 0 Å². The Morgan fingerprint density at radius 1 is 1.18 bits per heavy atom. The highest BCUT2D eigenvalue weighted by atomic mass is 127. The summed E-state index contributed by atoms with van der Waals surface area (Å²) in [6.45, 7) is 13.1. The molecule has 0 unspecified atom stereocenters. The third-order valence-corrected chi connectivity index (χ3v) is 6.20. The summed E-state index contributed by atoms with van der Waals surface area (Å²) in [4.78, 5) is 5.02. The molecule has 2 heterocycles. The molecule has 0 radical (unpaired) electrons. The van der Waals surface area contributed by atoms with Crippen LogP contribution in [0.5, 0.6) is 5.75 Å². The van der Waals surface area contributed by atoms with Gasteiger partial charge in [-0.05, 0) is 59.1 Å². The third kappa shape index (κ3) is 7.34. The number of aryl methyl sites for hydroxylation is 4. The van der Waals surface area contributed by atoms with Crippen molar-refractivity contribution in [3.05, 3.63) is 46.8 Å². The maximum atomic E-state index is 5.74. The number of aromatic nitrogens is 2. The smallest absolute Gasteiger partial charge is 0.191 e. The molecule has 0 atom stereocenters. The number of hydrogen-bond donors (Lipinski definition) is 2. The van der Waals surface area contributed by atoms with Gasteiger partial charge in [0.1, 0.15) is 5.75 Å².